The van der Waals surface area contributed by atoms with E-state index in [-0.39, 0.29) is 6.61 Å². The second-order valence-electron chi connectivity index (χ2n) is 5.36. The van der Waals surface area contributed by atoms with Crippen LogP contribution in [0, 0.1) is 0 Å². The lowest BCUT2D eigenvalue weighted by molar-refractivity contribution is 0.289. The molecule has 0 bridgehead atoms. The minimum absolute atomic E-state index is 0.202. The fraction of sp³-hybridized carbons (Fsp3) is 0.222. The fourth-order valence-electron chi connectivity index (χ4n) is 2.19. The molecule has 2 N–H and O–H groups in total. The molecule has 0 amide bonds. The Hall–Kier alpha value is -2.58. The van der Waals surface area contributed by atoms with Crippen molar-refractivity contribution in [3.8, 4) is 17.2 Å². The van der Waals surface area contributed by atoms with Crippen molar-refractivity contribution in [1.82, 2.24) is 14.9 Å². The summed E-state index contributed by atoms with van der Waals surface area (Å²) < 4.78 is 17.9. The predicted octanol–water partition coefficient (Wildman–Crippen LogP) is 3.40. The van der Waals surface area contributed by atoms with Gasteiger partial charge in [-0.2, -0.15) is 0 Å². The molecule has 27 heavy (non-hydrogen) atoms. The molecular formula is C18H19ClN4O3S. The van der Waals surface area contributed by atoms with Crippen molar-refractivity contribution >= 4 is 23.4 Å². The first kappa shape index (κ1) is 19.2. The average Bonchev–Trinajstić information content (AvgIpc) is 3.04. The molecule has 0 aliphatic heterocycles. The zero-order valence-corrected chi connectivity index (χ0v) is 16.2. The second-order valence-corrected chi connectivity index (χ2v) is 6.83. The van der Waals surface area contributed by atoms with Crippen molar-refractivity contribution < 1.29 is 14.2 Å². The summed E-state index contributed by atoms with van der Waals surface area (Å²) in [6.45, 7) is 0.671. The minimum atomic E-state index is 0.202. The van der Waals surface area contributed by atoms with E-state index >= 15 is 0 Å². The molecule has 9 heteroatoms. The number of nitrogens with zero attached hydrogens (tertiary/aromatic N) is 3. The molecule has 0 fully saturated rings. The minimum Gasteiger partial charge on any atom is -0.497 e. The van der Waals surface area contributed by atoms with E-state index in [9.17, 15) is 0 Å². The third-order valence-corrected chi connectivity index (χ3v) is 4.77. The van der Waals surface area contributed by atoms with Gasteiger partial charge in [0.25, 0.3) is 0 Å². The second kappa shape index (κ2) is 9.38. The number of para-hydroxylation sites is 1. The molecule has 0 atom stereocenters. The summed E-state index contributed by atoms with van der Waals surface area (Å²) in [5.41, 5.74) is 0. The lowest BCUT2D eigenvalue weighted by Crippen LogP contribution is -2.16. The number of ether oxygens (including phenoxy) is 3. The number of nitrogens with two attached hydrogens (primary N) is 1. The maximum Gasteiger partial charge on any atom is 0.210 e. The average molecular weight is 407 g/mol. The highest BCUT2D eigenvalue weighted by atomic mass is 35.5. The SMILES string of the molecule is COc1cccc(OCc2nnc(SCCOc3ccccc3Cl)n2N)c1. The van der Waals surface area contributed by atoms with Crippen LogP contribution in [-0.2, 0) is 6.61 Å². The van der Waals surface area contributed by atoms with E-state index in [1.165, 1.54) is 16.4 Å². The molecule has 1 aromatic heterocycles. The van der Waals surface area contributed by atoms with Crippen LogP contribution in [-0.4, -0.2) is 34.3 Å². The van der Waals surface area contributed by atoms with Crippen LogP contribution in [0.4, 0.5) is 0 Å². The van der Waals surface area contributed by atoms with E-state index in [0.29, 0.717) is 39.9 Å². The number of halogens is 1. The van der Waals surface area contributed by atoms with Gasteiger partial charge in [0.2, 0.25) is 5.16 Å². The topological polar surface area (TPSA) is 84.4 Å². The normalized spacial score (nSPS) is 10.6. The molecule has 3 rings (SSSR count). The highest BCUT2D eigenvalue weighted by Gasteiger charge is 2.11. The Balaban J connectivity index is 1.48. The summed E-state index contributed by atoms with van der Waals surface area (Å²) in [5.74, 6) is 9.26. The molecule has 0 unspecified atom stereocenters. The Morgan fingerprint density at radius 2 is 1.89 bits per heavy atom. The largest absolute Gasteiger partial charge is 0.497 e. The number of hydrogen-bond donors (Lipinski definition) is 1. The molecule has 1 heterocycles. The standard InChI is InChI=1S/C18H19ClN4O3S/c1-24-13-5-4-6-14(11-13)26-12-17-21-22-18(23(17)20)27-10-9-25-16-8-3-2-7-15(16)19/h2-8,11H,9-10,12,20H2,1H3. The van der Waals surface area contributed by atoms with Gasteiger partial charge in [-0.1, -0.05) is 41.6 Å². The Morgan fingerprint density at radius 3 is 2.70 bits per heavy atom. The van der Waals surface area contributed by atoms with Gasteiger partial charge < -0.3 is 20.1 Å². The van der Waals surface area contributed by atoms with Crippen LogP contribution in [0.1, 0.15) is 5.82 Å². The third kappa shape index (κ3) is 5.21. The molecule has 0 aliphatic rings. The summed E-state index contributed by atoms with van der Waals surface area (Å²) in [6.07, 6.45) is 0. The van der Waals surface area contributed by atoms with E-state index in [0.717, 1.165) is 5.75 Å². The summed E-state index contributed by atoms with van der Waals surface area (Å²) >= 11 is 7.49. The van der Waals surface area contributed by atoms with Gasteiger partial charge in [-0.25, -0.2) is 4.68 Å². The van der Waals surface area contributed by atoms with Crippen molar-refractivity contribution in [1.29, 1.82) is 0 Å². The Kier molecular flexibility index (Phi) is 6.67. The Labute approximate surface area is 166 Å². The van der Waals surface area contributed by atoms with Crippen LogP contribution in [0.3, 0.4) is 0 Å². The van der Waals surface area contributed by atoms with Gasteiger partial charge in [0.1, 0.15) is 23.9 Å². The van der Waals surface area contributed by atoms with Crippen molar-refractivity contribution in [2.24, 2.45) is 0 Å². The zero-order chi connectivity index (χ0) is 19.1. The first-order chi connectivity index (χ1) is 13.2. The Morgan fingerprint density at radius 1 is 1.07 bits per heavy atom. The van der Waals surface area contributed by atoms with E-state index in [1.807, 2.05) is 36.4 Å². The maximum atomic E-state index is 6.05. The van der Waals surface area contributed by atoms with Crippen molar-refractivity contribution in [2.45, 2.75) is 11.8 Å². The smallest absolute Gasteiger partial charge is 0.210 e. The molecule has 0 radical (unpaired) electrons. The number of nitrogen functional groups attached to an aromatic ring is 1. The monoisotopic (exact) mass is 406 g/mol. The highest BCUT2D eigenvalue weighted by Crippen LogP contribution is 2.24. The lowest BCUT2D eigenvalue weighted by atomic mass is 10.3. The molecule has 3 aromatic rings. The van der Waals surface area contributed by atoms with E-state index in [1.54, 1.807) is 19.2 Å². The van der Waals surface area contributed by atoms with E-state index < -0.39 is 0 Å². The van der Waals surface area contributed by atoms with Gasteiger partial charge in [-0.3, -0.25) is 0 Å². The summed E-state index contributed by atoms with van der Waals surface area (Å²) in [4.78, 5) is 0. The predicted molar refractivity (Wildman–Crippen MR) is 105 cm³/mol. The summed E-state index contributed by atoms with van der Waals surface area (Å²) in [7, 11) is 1.61. The number of rotatable bonds is 9. The van der Waals surface area contributed by atoms with Crippen LogP contribution in [0.2, 0.25) is 5.02 Å². The highest BCUT2D eigenvalue weighted by molar-refractivity contribution is 7.99. The van der Waals surface area contributed by atoms with Crippen LogP contribution >= 0.6 is 23.4 Å². The van der Waals surface area contributed by atoms with Crippen LogP contribution in [0.15, 0.2) is 53.7 Å². The summed E-state index contributed by atoms with van der Waals surface area (Å²) in [5, 5.41) is 9.33. The number of aromatic nitrogens is 3. The number of thioether (sulfide) groups is 1. The molecular weight excluding hydrogens is 388 g/mol. The van der Waals surface area contributed by atoms with Crippen molar-refractivity contribution in [3.05, 3.63) is 59.4 Å². The zero-order valence-electron chi connectivity index (χ0n) is 14.7. The quantitative estimate of drug-likeness (QED) is 0.331. The van der Waals surface area contributed by atoms with Gasteiger partial charge in [0.05, 0.1) is 18.7 Å². The van der Waals surface area contributed by atoms with Crippen LogP contribution in [0.25, 0.3) is 0 Å². The van der Waals surface area contributed by atoms with Gasteiger partial charge >= 0.3 is 0 Å². The van der Waals surface area contributed by atoms with Crippen LogP contribution < -0.4 is 20.1 Å². The molecule has 7 nitrogen and oxygen atoms in total. The summed E-state index contributed by atoms with van der Waals surface area (Å²) in [6, 6.07) is 14.7. The van der Waals surface area contributed by atoms with Gasteiger partial charge in [-0.05, 0) is 24.3 Å². The number of benzene rings is 2. The lowest BCUT2D eigenvalue weighted by Gasteiger charge is -2.08. The third-order valence-electron chi connectivity index (χ3n) is 3.55. The van der Waals surface area contributed by atoms with E-state index in [2.05, 4.69) is 10.2 Å². The number of hydrogen-bond acceptors (Lipinski definition) is 7. The van der Waals surface area contributed by atoms with Gasteiger partial charge in [0, 0.05) is 11.8 Å². The first-order valence-corrected chi connectivity index (χ1v) is 9.50. The molecule has 0 spiro atoms. The molecule has 0 aliphatic carbocycles. The maximum absolute atomic E-state index is 6.05. The molecule has 0 saturated heterocycles. The fourth-order valence-corrected chi connectivity index (χ4v) is 3.07. The number of methoxy groups -OCH3 is 1. The Bertz CT molecular complexity index is 891. The first-order valence-electron chi connectivity index (χ1n) is 8.13. The van der Waals surface area contributed by atoms with Crippen molar-refractivity contribution in [3.63, 3.8) is 0 Å². The van der Waals surface area contributed by atoms with Gasteiger partial charge in [-0.15, -0.1) is 10.2 Å². The van der Waals surface area contributed by atoms with Crippen molar-refractivity contribution in [2.75, 3.05) is 25.3 Å². The van der Waals surface area contributed by atoms with Crippen LogP contribution in [0.5, 0.6) is 17.2 Å². The molecule has 0 saturated carbocycles. The van der Waals surface area contributed by atoms with E-state index in [4.69, 9.17) is 31.7 Å². The molecule has 2 aromatic carbocycles. The van der Waals surface area contributed by atoms with Gasteiger partial charge in [0.15, 0.2) is 5.82 Å². The molecule has 142 valence electrons.